The summed E-state index contributed by atoms with van der Waals surface area (Å²) in [5.74, 6) is 0.260. The summed E-state index contributed by atoms with van der Waals surface area (Å²) in [6.07, 6.45) is 6.74. The third-order valence-corrected chi connectivity index (χ3v) is 2.77. The number of hydrogen-bond donors (Lipinski definition) is 0. The highest BCUT2D eigenvalue weighted by molar-refractivity contribution is 5.70. The van der Waals surface area contributed by atoms with E-state index in [1.807, 2.05) is 18.2 Å². The summed E-state index contributed by atoms with van der Waals surface area (Å²) in [5.41, 5.74) is 1.18. The van der Waals surface area contributed by atoms with Gasteiger partial charge >= 0.3 is 5.97 Å². The van der Waals surface area contributed by atoms with Crippen molar-refractivity contribution in [2.24, 2.45) is 5.92 Å². The molecule has 1 fully saturated rings. The summed E-state index contributed by atoms with van der Waals surface area (Å²) < 4.78 is 5.01. The highest BCUT2D eigenvalue weighted by Crippen LogP contribution is 2.19. The maximum Gasteiger partial charge on any atom is 0.306 e. The normalized spacial score (nSPS) is 21.8. The predicted molar refractivity (Wildman–Crippen MR) is 63.8 cm³/mol. The minimum absolute atomic E-state index is 0.0692. The van der Waals surface area contributed by atoms with Gasteiger partial charge in [-0.25, -0.2) is 0 Å². The Morgan fingerprint density at radius 1 is 1.25 bits per heavy atom. The van der Waals surface area contributed by atoms with Crippen molar-refractivity contribution >= 4 is 12.0 Å². The Kier molecular flexibility index (Phi) is 3.76. The standard InChI is InChI=1S/C14H16O2/c15-14-11-13(7-4-10-16-14)9-8-12-5-2-1-3-6-12/h1-3,5-6,8-9,13H,4,7,10-11H2. The van der Waals surface area contributed by atoms with E-state index < -0.39 is 0 Å². The first kappa shape index (κ1) is 10.9. The highest BCUT2D eigenvalue weighted by atomic mass is 16.5. The Morgan fingerprint density at radius 3 is 2.88 bits per heavy atom. The Labute approximate surface area is 95.9 Å². The van der Waals surface area contributed by atoms with Crippen LogP contribution in [-0.2, 0) is 9.53 Å². The molecule has 2 rings (SSSR count). The minimum atomic E-state index is -0.0692. The molecule has 2 heteroatoms. The van der Waals surface area contributed by atoms with Crippen LogP contribution >= 0.6 is 0 Å². The van der Waals surface area contributed by atoms with Crippen LogP contribution in [0, 0.1) is 5.92 Å². The molecule has 1 atom stereocenters. The van der Waals surface area contributed by atoms with Gasteiger partial charge in [0.2, 0.25) is 0 Å². The summed E-state index contributed by atoms with van der Waals surface area (Å²) in [6.45, 7) is 0.578. The fourth-order valence-electron chi connectivity index (χ4n) is 1.88. The molecule has 1 heterocycles. The molecular formula is C14H16O2. The first-order valence-corrected chi connectivity index (χ1v) is 5.73. The van der Waals surface area contributed by atoms with Crippen LogP contribution in [0.25, 0.3) is 6.08 Å². The van der Waals surface area contributed by atoms with Crippen LogP contribution in [0.1, 0.15) is 24.8 Å². The molecule has 1 unspecified atom stereocenters. The van der Waals surface area contributed by atoms with Crippen LogP contribution in [-0.4, -0.2) is 12.6 Å². The van der Waals surface area contributed by atoms with Crippen LogP contribution in [0.5, 0.6) is 0 Å². The lowest BCUT2D eigenvalue weighted by Gasteiger charge is -2.05. The number of carbonyl (C=O) groups excluding carboxylic acids is 1. The average Bonchev–Trinajstić information content (AvgIpc) is 2.52. The van der Waals surface area contributed by atoms with E-state index in [9.17, 15) is 4.79 Å². The molecule has 2 nitrogen and oxygen atoms in total. The molecule has 84 valence electrons. The van der Waals surface area contributed by atoms with Gasteiger partial charge in [0, 0.05) is 0 Å². The topological polar surface area (TPSA) is 26.3 Å². The van der Waals surface area contributed by atoms with Gasteiger partial charge in [0.25, 0.3) is 0 Å². The lowest BCUT2D eigenvalue weighted by atomic mass is 9.99. The zero-order valence-corrected chi connectivity index (χ0v) is 9.26. The Balaban J connectivity index is 1.98. The summed E-state index contributed by atoms with van der Waals surface area (Å²) in [7, 11) is 0. The van der Waals surface area contributed by atoms with Crippen LogP contribution in [0.15, 0.2) is 36.4 Å². The molecular weight excluding hydrogens is 200 g/mol. The second-order valence-corrected chi connectivity index (χ2v) is 4.10. The molecule has 0 spiro atoms. The SMILES string of the molecule is O=C1CC(C=Cc2ccccc2)CCCO1. The number of ether oxygens (including phenoxy) is 1. The summed E-state index contributed by atoms with van der Waals surface area (Å²) >= 11 is 0. The second-order valence-electron chi connectivity index (χ2n) is 4.10. The van der Waals surface area contributed by atoms with Crippen molar-refractivity contribution in [2.75, 3.05) is 6.61 Å². The summed E-state index contributed by atoms with van der Waals surface area (Å²) in [6, 6.07) is 10.2. The first-order valence-electron chi connectivity index (χ1n) is 5.73. The lowest BCUT2D eigenvalue weighted by molar-refractivity contribution is -0.143. The molecule has 0 bridgehead atoms. The zero-order valence-electron chi connectivity index (χ0n) is 9.26. The molecule has 1 aliphatic rings. The number of carbonyl (C=O) groups is 1. The third kappa shape index (κ3) is 3.23. The van der Waals surface area contributed by atoms with Crippen molar-refractivity contribution in [1.29, 1.82) is 0 Å². The molecule has 0 N–H and O–H groups in total. The molecule has 1 aliphatic heterocycles. The van der Waals surface area contributed by atoms with Gasteiger partial charge in [-0.15, -0.1) is 0 Å². The molecule has 1 saturated heterocycles. The van der Waals surface area contributed by atoms with Gasteiger partial charge in [-0.05, 0) is 24.3 Å². The highest BCUT2D eigenvalue weighted by Gasteiger charge is 2.15. The Morgan fingerprint density at radius 2 is 2.06 bits per heavy atom. The zero-order chi connectivity index (χ0) is 11.2. The quantitative estimate of drug-likeness (QED) is 0.710. The van der Waals surface area contributed by atoms with E-state index in [0.29, 0.717) is 18.9 Å². The van der Waals surface area contributed by atoms with Crippen LogP contribution < -0.4 is 0 Å². The van der Waals surface area contributed by atoms with Gasteiger partial charge in [-0.3, -0.25) is 4.79 Å². The number of cyclic esters (lactones) is 1. The van der Waals surface area contributed by atoms with Crippen molar-refractivity contribution in [3.63, 3.8) is 0 Å². The van der Waals surface area contributed by atoms with E-state index in [1.165, 1.54) is 5.56 Å². The van der Waals surface area contributed by atoms with Gasteiger partial charge in [0.05, 0.1) is 13.0 Å². The number of benzene rings is 1. The van der Waals surface area contributed by atoms with Crippen molar-refractivity contribution in [3.05, 3.63) is 42.0 Å². The smallest absolute Gasteiger partial charge is 0.306 e. The lowest BCUT2D eigenvalue weighted by Crippen LogP contribution is -2.04. The first-order chi connectivity index (χ1) is 7.84. The maximum absolute atomic E-state index is 11.2. The second kappa shape index (κ2) is 5.50. The molecule has 0 aliphatic carbocycles. The van der Waals surface area contributed by atoms with Crippen molar-refractivity contribution in [1.82, 2.24) is 0 Å². The van der Waals surface area contributed by atoms with Crippen molar-refractivity contribution in [3.8, 4) is 0 Å². The number of hydrogen-bond acceptors (Lipinski definition) is 2. The largest absolute Gasteiger partial charge is 0.466 e. The molecule has 16 heavy (non-hydrogen) atoms. The van der Waals surface area contributed by atoms with Gasteiger partial charge < -0.3 is 4.74 Å². The number of esters is 1. The molecule has 0 saturated carbocycles. The van der Waals surface area contributed by atoms with Crippen LogP contribution in [0.4, 0.5) is 0 Å². The average molecular weight is 216 g/mol. The van der Waals surface area contributed by atoms with Crippen molar-refractivity contribution < 1.29 is 9.53 Å². The fraction of sp³-hybridized carbons (Fsp3) is 0.357. The molecule has 0 amide bonds. The number of rotatable bonds is 2. The van der Waals surface area contributed by atoms with E-state index in [0.717, 1.165) is 12.8 Å². The monoisotopic (exact) mass is 216 g/mol. The van der Waals surface area contributed by atoms with Crippen LogP contribution in [0.3, 0.4) is 0 Å². The Hall–Kier alpha value is -1.57. The fourth-order valence-corrected chi connectivity index (χ4v) is 1.88. The van der Waals surface area contributed by atoms with E-state index in [4.69, 9.17) is 4.74 Å². The maximum atomic E-state index is 11.2. The van der Waals surface area contributed by atoms with Gasteiger partial charge in [0.1, 0.15) is 0 Å². The third-order valence-electron chi connectivity index (χ3n) is 2.77. The molecule has 1 aromatic carbocycles. The molecule has 0 aromatic heterocycles. The van der Waals surface area contributed by atoms with E-state index in [-0.39, 0.29) is 5.97 Å². The van der Waals surface area contributed by atoms with Crippen molar-refractivity contribution in [2.45, 2.75) is 19.3 Å². The Bertz CT molecular complexity index is 368. The summed E-state index contributed by atoms with van der Waals surface area (Å²) in [4.78, 5) is 11.2. The molecule has 1 aromatic rings. The van der Waals surface area contributed by atoms with Gasteiger partial charge in [0.15, 0.2) is 0 Å². The number of allylic oxidation sites excluding steroid dienone is 1. The van der Waals surface area contributed by atoms with E-state index in [1.54, 1.807) is 0 Å². The minimum Gasteiger partial charge on any atom is -0.466 e. The van der Waals surface area contributed by atoms with E-state index in [2.05, 4.69) is 24.3 Å². The van der Waals surface area contributed by atoms with Crippen LogP contribution in [0.2, 0.25) is 0 Å². The summed E-state index contributed by atoms with van der Waals surface area (Å²) in [5, 5.41) is 0. The predicted octanol–water partition coefficient (Wildman–Crippen LogP) is 3.04. The van der Waals surface area contributed by atoms with Gasteiger partial charge in [-0.1, -0.05) is 42.5 Å². The van der Waals surface area contributed by atoms with Gasteiger partial charge in [-0.2, -0.15) is 0 Å². The van der Waals surface area contributed by atoms with E-state index >= 15 is 0 Å². The molecule has 0 radical (unpaired) electrons.